The Balaban J connectivity index is 1.55. The van der Waals surface area contributed by atoms with Crippen LogP contribution in [0.25, 0.3) is 11.4 Å². The predicted molar refractivity (Wildman–Crippen MR) is 73.8 cm³/mol. The molecule has 1 aliphatic heterocycles. The number of carbonyl (C=O) groups excluding carboxylic acids is 1. The van der Waals surface area contributed by atoms with Crippen LogP contribution in [0.3, 0.4) is 0 Å². The number of benzene rings is 1. The van der Waals surface area contributed by atoms with E-state index < -0.39 is 17.2 Å². The van der Waals surface area contributed by atoms with Crippen molar-refractivity contribution in [3.8, 4) is 11.4 Å². The smallest absolute Gasteiger partial charge is 0.253 e. The van der Waals surface area contributed by atoms with Crippen LogP contribution in [-0.2, 0) is 10.3 Å². The van der Waals surface area contributed by atoms with Gasteiger partial charge >= 0.3 is 0 Å². The molecule has 3 fully saturated rings. The summed E-state index contributed by atoms with van der Waals surface area (Å²) < 4.78 is 31.8. The van der Waals surface area contributed by atoms with Crippen LogP contribution in [0.4, 0.5) is 8.78 Å². The van der Waals surface area contributed by atoms with E-state index in [1.165, 1.54) is 6.07 Å². The summed E-state index contributed by atoms with van der Waals surface area (Å²) in [6.07, 6.45) is 2.73. The molecule has 2 aromatic rings. The van der Waals surface area contributed by atoms with Gasteiger partial charge in [-0.2, -0.15) is 4.98 Å². The van der Waals surface area contributed by atoms with E-state index in [0.29, 0.717) is 17.4 Å². The van der Waals surface area contributed by atoms with Gasteiger partial charge in [0.15, 0.2) is 11.6 Å². The molecule has 1 saturated heterocycles. The van der Waals surface area contributed by atoms with E-state index in [1.54, 1.807) is 0 Å². The van der Waals surface area contributed by atoms with Gasteiger partial charge in [-0.15, -0.1) is 0 Å². The Morgan fingerprint density at radius 2 is 2.13 bits per heavy atom. The minimum Gasteiger partial charge on any atom is -0.341 e. The Bertz CT molecular complexity index is 836. The van der Waals surface area contributed by atoms with Crippen molar-refractivity contribution in [3.05, 3.63) is 35.7 Å². The van der Waals surface area contributed by atoms with Crippen molar-refractivity contribution in [3.63, 3.8) is 0 Å². The highest BCUT2D eigenvalue weighted by molar-refractivity contribution is 5.84. The lowest BCUT2D eigenvalue weighted by Gasteiger charge is -2.27. The first-order chi connectivity index (χ1) is 11.1. The first-order valence-corrected chi connectivity index (χ1v) is 7.68. The Morgan fingerprint density at radius 3 is 2.91 bits per heavy atom. The number of fused-ring (bicyclic) bond motifs is 1. The van der Waals surface area contributed by atoms with Gasteiger partial charge in [0, 0.05) is 17.4 Å². The predicted octanol–water partition coefficient (Wildman–Crippen LogP) is 2.39. The highest BCUT2D eigenvalue weighted by Crippen LogP contribution is 2.61. The molecule has 3 aliphatic rings. The van der Waals surface area contributed by atoms with Crippen LogP contribution >= 0.6 is 0 Å². The summed E-state index contributed by atoms with van der Waals surface area (Å²) in [4.78, 5) is 16.5. The Morgan fingerprint density at radius 1 is 1.26 bits per heavy atom. The number of hydrogen-bond acceptors (Lipinski definition) is 4. The lowest BCUT2D eigenvalue weighted by Crippen LogP contribution is -2.41. The highest BCUT2D eigenvalue weighted by atomic mass is 19.2. The molecular weight excluding hydrogens is 304 g/mol. The van der Waals surface area contributed by atoms with E-state index in [1.807, 2.05) is 0 Å². The molecule has 1 amide bonds. The van der Waals surface area contributed by atoms with E-state index in [-0.39, 0.29) is 23.6 Å². The van der Waals surface area contributed by atoms with Gasteiger partial charge in [-0.3, -0.25) is 4.79 Å². The Kier molecular flexibility index (Phi) is 2.38. The van der Waals surface area contributed by atoms with E-state index in [0.717, 1.165) is 31.4 Å². The molecule has 1 aromatic carbocycles. The second kappa shape index (κ2) is 4.15. The molecule has 23 heavy (non-hydrogen) atoms. The van der Waals surface area contributed by atoms with Crippen LogP contribution in [0.1, 0.15) is 25.2 Å². The molecule has 2 aliphatic carbocycles. The number of rotatable bonds is 2. The number of halogens is 2. The SMILES string of the molecule is O=C1NC2(c3nc(-c4ccc(F)c(F)c4)no3)CC3CC1C2C3. The van der Waals surface area contributed by atoms with Crippen LogP contribution in [0.2, 0.25) is 0 Å². The van der Waals surface area contributed by atoms with Gasteiger partial charge in [-0.25, -0.2) is 8.78 Å². The normalized spacial score (nSPS) is 34.2. The molecule has 2 heterocycles. The maximum absolute atomic E-state index is 13.4. The van der Waals surface area contributed by atoms with E-state index in [4.69, 9.17) is 4.52 Å². The number of nitrogens with zero attached hydrogens (tertiary/aromatic N) is 2. The minimum absolute atomic E-state index is 0.0346. The minimum atomic E-state index is -0.957. The number of carbonyl (C=O) groups is 1. The topological polar surface area (TPSA) is 68.0 Å². The molecule has 4 unspecified atom stereocenters. The molecule has 0 spiro atoms. The van der Waals surface area contributed by atoms with Gasteiger partial charge in [0.1, 0.15) is 5.54 Å². The van der Waals surface area contributed by atoms with Crippen LogP contribution in [0, 0.1) is 29.4 Å². The molecule has 4 atom stereocenters. The van der Waals surface area contributed by atoms with E-state index >= 15 is 0 Å². The van der Waals surface area contributed by atoms with Crippen LogP contribution in [0.15, 0.2) is 22.7 Å². The summed E-state index contributed by atoms with van der Waals surface area (Å²) in [5, 5.41) is 6.95. The van der Waals surface area contributed by atoms with E-state index in [9.17, 15) is 13.6 Å². The summed E-state index contributed by atoms with van der Waals surface area (Å²) in [5.74, 6) is -0.513. The molecule has 118 valence electrons. The average Bonchev–Trinajstić information content (AvgIpc) is 3.24. The molecule has 0 radical (unpaired) electrons. The van der Waals surface area contributed by atoms with Crippen LogP contribution < -0.4 is 5.32 Å². The first kappa shape index (κ1) is 13.2. The lowest BCUT2D eigenvalue weighted by atomic mass is 9.79. The molecule has 7 heteroatoms. The second-order valence-corrected chi connectivity index (χ2v) is 6.77. The summed E-state index contributed by atoms with van der Waals surface area (Å²) in [7, 11) is 0. The zero-order valence-corrected chi connectivity index (χ0v) is 12.1. The fourth-order valence-corrected chi connectivity index (χ4v) is 4.66. The van der Waals surface area contributed by atoms with Crippen molar-refractivity contribution in [1.82, 2.24) is 15.5 Å². The quantitative estimate of drug-likeness (QED) is 0.923. The third kappa shape index (κ3) is 1.62. The number of nitrogens with one attached hydrogen (secondary N) is 1. The zero-order chi connectivity index (χ0) is 15.8. The van der Waals surface area contributed by atoms with E-state index in [2.05, 4.69) is 15.5 Å². The van der Waals surface area contributed by atoms with Gasteiger partial charge in [-0.1, -0.05) is 5.16 Å². The standard InChI is InChI=1S/C16H13F2N3O2/c17-11-2-1-8(5-12(11)18)13-19-15(23-21-13)16-6-7-3-9(10(16)4-7)14(22)20-16/h1-2,5,7,9-10H,3-4,6H2,(H,20,22). The molecule has 2 bridgehead atoms. The average molecular weight is 317 g/mol. The monoisotopic (exact) mass is 317 g/mol. The Labute approximate surface area is 130 Å². The highest BCUT2D eigenvalue weighted by Gasteiger charge is 2.66. The van der Waals surface area contributed by atoms with Crippen molar-refractivity contribution in [1.29, 1.82) is 0 Å². The summed E-state index contributed by atoms with van der Waals surface area (Å²) in [6.45, 7) is 0. The zero-order valence-electron chi connectivity index (χ0n) is 12.1. The molecule has 2 saturated carbocycles. The molecule has 1 aromatic heterocycles. The third-order valence-electron chi connectivity index (χ3n) is 5.57. The summed E-state index contributed by atoms with van der Waals surface area (Å²) >= 11 is 0. The van der Waals surface area contributed by atoms with Crippen molar-refractivity contribution >= 4 is 5.91 Å². The molecule has 5 nitrogen and oxygen atoms in total. The molecular formula is C16H13F2N3O2. The van der Waals surface area contributed by atoms with Crippen LogP contribution in [0.5, 0.6) is 0 Å². The van der Waals surface area contributed by atoms with Crippen molar-refractivity contribution in [2.24, 2.45) is 17.8 Å². The van der Waals surface area contributed by atoms with Gasteiger partial charge in [0.05, 0.1) is 0 Å². The van der Waals surface area contributed by atoms with Crippen molar-refractivity contribution in [2.75, 3.05) is 0 Å². The van der Waals surface area contributed by atoms with Crippen molar-refractivity contribution in [2.45, 2.75) is 24.8 Å². The Hall–Kier alpha value is -2.31. The van der Waals surface area contributed by atoms with Gasteiger partial charge in [-0.05, 0) is 43.4 Å². The van der Waals surface area contributed by atoms with Crippen LogP contribution in [-0.4, -0.2) is 16.0 Å². The molecule has 1 N–H and O–H groups in total. The first-order valence-electron chi connectivity index (χ1n) is 7.68. The summed E-state index contributed by atoms with van der Waals surface area (Å²) in [6, 6.07) is 3.48. The van der Waals surface area contributed by atoms with Gasteiger partial charge in [0.25, 0.3) is 5.89 Å². The fraction of sp³-hybridized carbons (Fsp3) is 0.438. The largest absolute Gasteiger partial charge is 0.341 e. The fourth-order valence-electron chi connectivity index (χ4n) is 4.66. The number of hydrogen-bond donors (Lipinski definition) is 1. The molecule has 5 rings (SSSR count). The number of amides is 1. The lowest BCUT2D eigenvalue weighted by molar-refractivity contribution is -0.122. The number of aromatic nitrogens is 2. The van der Waals surface area contributed by atoms with Gasteiger partial charge in [0.2, 0.25) is 11.7 Å². The van der Waals surface area contributed by atoms with Crippen molar-refractivity contribution < 1.29 is 18.1 Å². The maximum atomic E-state index is 13.4. The third-order valence-corrected chi connectivity index (χ3v) is 5.57. The van der Waals surface area contributed by atoms with Gasteiger partial charge < -0.3 is 9.84 Å². The second-order valence-electron chi connectivity index (χ2n) is 6.77. The summed E-state index contributed by atoms with van der Waals surface area (Å²) in [5.41, 5.74) is -0.228. The maximum Gasteiger partial charge on any atom is 0.253 e.